The Balaban J connectivity index is 2.35. The monoisotopic (exact) mass is 328 g/mol. The zero-order valence-electron chi connectivity index (χ0n) is 14.5. The van der Waals surface area contributed by atoms with E-state index in [-0.39, 0.29) is 16.7 Å². The molecule has 0 aromatic carbocycles. The zero-order valence-corrected chi connectivity index (χ0v) is 15.3. The van der Waals surface area contributed by atoms with Crippen LogP contribution in [-0.2, 0) is 4.79 Å². The van der Waals surface area contributed by atoms with Crippen LogP contribution in [0, 0.1) is 0 Å². The van der Waals surface area contributed by atoms with Crippen LogP contribution >= 0.6 is 11.8 Å². The second kappa shape index (κ2) is 9.98. The van der Waals surface area contributed by atoms with Crippen molar-refractivity contribution in [3.63, 3.8) is 0 Å². The molecule has 6 heteroatoms. The minimum absolute atomic E-state index is 0.0935. The number of guanidine groups is 1. The number of nitrogens with zero attached hydrogens (tertiary/aromatic N) is 1. The molecule has 22 heavy (non-hydrogen) atoms. The number of hydrogen-bond donors (Lipinski definition) is 3. The SMILES string of the molecule is CCNC(=NCC1(C)CCCS1)NCCC(=O)NC(C)CC. The van der Waals surface area contributed by atoms with E-state index in [9.17, 15) is 4.79 Å². The molecular weight excluding hydrogens is 296 g/mol. The maximum absolute atomic E-state index is 11.8. The highest BCUT2D eigenvalue weighted by molar-refractivity contribution is 8.00. The Morgan fingerprint density at radius 2 is 2.14 bits per heavy atom. The van der Waals surface area contributed by atoms with Gasteiger partial charge in [0.15, 0.2) is 5.96 Å². The molecule has 2 atom stereocenters. The van der Waals surface area contributed by atoms with E-state index in [1.54, 1.807) is 0 Å². The minimum Gasteiger partial charge on any atom is -0.357 e. The van der Waals surface area contributed by atoms with Crippen molar-refractivity contribution in [3.05, 3.63) is 0 Å². The fourth-order valence-corrected chi connectivity index (χ4v) is 3.52. The van der Waals surface area contributed by atoms with Crippen molar-refractivity contribution >= 4 is 23.6 Å². The molecule has 0 spiro atoms. The fourth-order valence-electron chi connectivity index (χ4n) is 2.29. The van der Waals surface area contributed by atoms with Gasteiger partial charge in [0.1, 0.15) is 0 Å². The average molecular weight is 329 g/mol. The van der Waals surface area contributed by atoms with Crippen LogP contribution in [0.2, 0.25) is 0 Å². The van der Waals surface area contributed by atoms with E-state index >= 15 is 0 Å². The van der Waals surface area contributed by atoms with Crippen LogP contribution < -0.4 is 16.0 Å². The van der Waals surface area contributed by atoms with Crippen LogP contribution in [0.4, 0.5) is 0 Å². The lowest BCUT2D eigenvalue weighted by atomic mass is 10.1. The van der Waals surface area contributed by atoms with E-state index in [1.807, 2.05) is 18.7 Å². The predicted molar refractivity (Wildman–Crippen MR) is 96.6 cm³/mol. The topological polar surface area (TPSA) is 65.5 Å². The summed E-state index contributed by atoms with van der Waals surface area (Å²) in [5.74, 6) is 2.15. The van der Waals surface area contributed by atoms with Crippen molar-refractivity contribution in [2.45, 2.75) is 64.2 Å². The summed E-state index contributed by atoms with van der Waals surface area (Å²) in [5, 5.41) is 9.48. The largest absolute Gasteiger partial charge is 0.357 e. The molecule has 0 aromatic rings. The first-order chi connectivity index (χ1) is 10.5. The third-order valence-electron chi connectivity index (χ3n) is 3.88. The molecule has 1 aliphatic heterocycles. The van der Waals surface area contributed by atoms with Crippen molar-refractivity contribution in [3.8, 4) is 0 Å². The quantitative estimate of drug-likeness (QED) is 0.472. The number of hydrogen-bond acceptors (Lipinski definition) is 3. The highest BCUT2D eigenvalue weighted by atomic mass is 32.2. The number of aliphatic imine (C=N–C) groups is 1. The summed E-state index contributed by atoms with van der Waals surface area (Å²) in [4.78, 5) is 16.4. The molecule has 0 radical (unpaired) electrons. The van der Waals surface area contributed by atoms with Gasteiger partial charge in [-0.1, -0.05) is 6.92 Å². The highest BCUT2D eigenvalue weighted by Crippen LogP contribution is 2.37. The molecule has 1 fully saturated rings. The Morgan fingerprint density at radius 1 is 1.36 bits per heavy atom. The van der Waals surface area contributed by atoms with Crippen molar-refractivity contribution < 1.29 is 4.79 Å². The number of nitrogens with one attached hydrogen (secondary N) is 3. The van der Waals surface area contributed by atoms with Gasteiger partial charge in [-0.3, -0.25) is 9.79 Å². The van der Waals surface area contributed by atoms with E-state index in [0.29, 0.717) is 13.0 Å². The van der Waals surface area contributed by atoms with Crippen molar-refractivity contribution in [2.24, 2.45) is 4.99 Å². The highest BCUT2D eigenvalue weighted by Gasteiger charge is 2.29. The summed E-state index contributed by atoms with van der Waals surface area (Å²) in [6.45, 7) is 10.7. The second-order valence-corrected chi connectivity index (χ2v) is 7.83. The Bertz CT molecular complexity index is 367. The molecular formula is C16H32N4OS. The summed E-state index contributed by atoms with van der Waals surface area (Å²) in [6, 6.07) is 0.244. The number of carbonyl (C=O) groups excluding carboxylic acids is 1. The van der Waals surface area contributed by atoms with Crippen LogP contribution in [0.1, 0.15) is 53.4 Å². The summed E-state index contributed by atoms with van der Waals surface area (Å²) in [7, 11) is 0. The van der Waals surface area contributed by atoms with E-state index in [2.05, 4.69) is 41.7 Å². The second-order valence-electron chi connectivity index (χ2n) is 6.15. The van der Waals surface area contributed by atoms with Crippen LogP contribution in [-0.4, -0.2) is 48.0 Å². The first-order valence-corrected chi connectivity index (χ1v) is 9.43. The zero-order chi connectivity index (χ0) is 16.4. The van der Waals surface area contributed by atoms with Gasteiger partial charge in [-0.25, -0.2) is 0 Å². The van der Waals surface area contributed by atoms with Gasteiger partial charge in [0.25, 0.3) is 0 Å². The first kappa shape index (κ1) is 19.1. The molecule has 2 unspecified atom stereocenters. The number of carbonyl (C=O) groups is 1. The van der Waals surface area contributed by atoms with Gasteiger partial charge >= 0.3 is 0 Å². The van der Waals surface area contributed by atoms with Gasteiger partial charge in [0.2, 0.25) is 5.91 Å². The lowest BCUT2D eigenvalue weighted by molar-refractivity contribution is -0.121. The van der Waals surface area contributed by atoms with Crippen LogP contribution in [0.25, 0.3) is 0 Å². The molecule has 5 nitrogen and oxygen atoms in total. The Labute approximate surface area is 139 Å². The molecule has 0 aromatic heterocycles. The number of amides is 1. The van der Waals surface area contributed by atoms with Crippen LogP contribution in [0.5, 0.6) is 0 Å². The Kier molecular flexibility index (Phi) is 8.68. The lowest BCUT2D eigenvalue weighted by Gasteiger charge is -2.21. The summed E-state index contributed by atoms with van der Waals surface area (Å²) in [6.07, 6.45) is 3.95. The van der Waals surface area contributed by atoms with Crippen molar-refractivity contribution in [2.75, 3.05) is 25.4 Å². The van der Waals surface area contributed by atoms with Gasteiger partial charge in [-0.2, -0.15) is 11.8 Å². The van der Waals surface area contributed by atoms with Crippen molar-refractivity contribution in [1.29, 1.82) is 0 Å². The van der Waals surface area contributed by atoms with Crippen molar-refractivity contribution in [1.82, 2.24) is 16.0 Å². The fraction of sp³-hybridized carbons (Fsp3) is 0.875. The molecule has 1 rings (SSSR count). The third-order valence-corrected chi connectivity index (χ3v) is 5.40. The predicted octanol–water partition coefficient (Wildman–Crippen LogP) is 2.13. The third kappa shape index (κ3) is 7.38. The standard InChI is InChI=1S/C16H32N4OS/c1-5-13(3)20-14(21)8-10-18-15(17-6-2)19-12-16(4)9-7-11-22-16/h13H,5-12H2,1-4H3,(H,20,21)(H2,17,18,19). The molecule has 0 saturated carbocycles. The normalized spacial score (nSPS) is 23.2. The van der Waals surface area contributed by atoms with E-state index in [0.717, 1.165) is 25.5 Å². The van der Waals surface area contributed by atoms with Gasteiger partial charge < -0.3 is 16.0 Å². The molecule has 1 heterocycles. The van der Waals surface area contributed by atoms with E-state index in [1.165, 1.54) is 18.6 Å². The molecule has 128 valence electrons. The minimum atomic E-state index is 0.0935. The maximum Gasteiger partial charge on any atom is 0.221 e. The summed E-state index contributed by atoms with van der Waals surface area (Å²) >= 11 is 2.02. The summed E-state index contributed by atoms with van der Waals surface area (Å²) < 4.78 is 0.274. The van der Waals surface area contributed by atoms with Gasteiger partial charge in [0.05, 0.1) is 6.54 Å². The summed E-state index contributed by atoms with van der Waals surface area (Å²) in [5.41, 5.74) is 0. The van der Waals surface area contributed by atoms with E-state index < -0.39 is 0 Å². The molecule has 0 aliphatic carbocycles. The first-order valence-electron chi connectivity index (χ1n) is 8.44. The van der Waals surface area contributed by atoms with Gasteiger partial charge in [-0.05, 0) is 45.8 Å². The maximum atomic E-state index is 11.8. The molecule has 1 amide bonds. The number of thioether (sulfide) groups is 1. The molecule has 0 bridgehead atoms. The van der Waals surface area contributed by atoms with E-state index in [4.69, 9.17) is 0 Å². The van der Waals surface area contributed by atoms with Crippen LogP contribution in [0.15, 0.2) is 4.99 Å². The Hall–Kier alpha value is -0.910. The smallest absolute Gasteiger partial charge is 0.221 e. The lowest BCUT2D eigenvalue weighted by Crippen LogP contribution is -2.41. The van der Waals surface area contributed by atoms with Gasteiger partial charge in [-0.15, -0.1) is 0 Å². The molecule has 1 aliphatic rings. The Morgan fingerprint density at radius 3 is 2.73 bits per heavy atom. The molecule has 1 saturated heterocycles. The average Bonchev–Trinajstić information content (AvgIpc) is 2.92. The van der Waals surface area contributed by atoms with Crippen LogP contribution in [0.3, 0.4) is 0 Å². The molecule has 3 N–H and O–H groups in total. The number of rotatable bonds is 8. The van der Waals surface area contributed by atoms with Gasteiger partial charge in [0, 0.05) is 30.3 Å².